The summed E-state index contributed by atoms with van der Waals surface area (Å²) >= 11 is 3.43. The van der Waals surface area contributed by atoms with Crippen molar-refractivity contribution < 1.29 is 9.72 Å². The van der Waals surface area contributed by atoms with Crippen molar-refractivity contribution in [2.75, 3.05) is 23.3 Å². The van der Waals surface area contributed by atoms with Crippen molar-refractivity contribution in [1.82, 2.24) is 0 Å². The van der Waals surface area contributed by atoms with Crippen molar-refractivity contribution in [1.29, 1.82) is 0 Å². The first-order chi connectivity index (χ1) is 12.4. The van der Waals surface area contributed by atoms with Gasteiger partial charge in [0, 0.05) is 34.9 Å². The van der Waals surface area contributed by atoms with Gasteiger partial charge in [0.1, 0.15) is 5.69 Å². The molecule has 0 radical (unpaired) electrons. The number of rotatable bonds is 4. The Morgan fingerprint density at radius 1 is 1.15 bits per heavy atom. The molecule has 0 atom stereocenters. The van der Waals surface area contributed by atoms with Crippen LogP contribution in [0.2, 0.25) is 0 Å². The van der Waals surface area contributed by atoms with Crippen LogP contribution in [0.15, 0.2) is 34.8 Å². The van der Waals surface area contributed by atoms with E-state index in [1.54, 1.807) is 12.1 Å². The fraction of sp³-hybridized carbons (Fsp3) is 0.316. The molecule has 1 saturated heterocycles. The highest BCUT2D eigenvalue weighted by molar-refractivity contribution is 9.10. The van der Waals surface area contributed by atoms with Gasteiger partial charge in [-0.15, -0.1) is 0 Å². The minimum atomic E-state index is -0.416. The number of amides is 1. The first-order valence-corrected chi connectivity index (χ1v) is 9.27. The largest absolute Gasteiger partial charge is 0.366 e. The molecule has 2 aromatic rings. The van der Waals surface area contributed by atoms with Crippen molar-refractivity contribution in [3.8, 4) is 0 Å². The third kappa shape index (κ3) is 3.72. The lowest BCUT2D eigenvalue weighted by atomic mass is 10.1. The zero-order valence-electron chi connectivity index (χ0n) is 14.7. The monoisotopic (exact) mass is 417 g/mol. The normalized spacial score (nSPS) is 13.7. The lowest BCUT2D eigenvalue weighted by molar-refractivity contribution is -0.384. The Balaban J connectivity index is 1.90. The molecule has 1 aliphatic rings. The predicted molar refractivity (Wildman–Crippen MR) is 106 cm³/mol. The van der Waals surface area contributed by atoms with Gasteiger partial charge in [-0.2, -0.15) is 0 Å². The summed E-state index contributed by atoms with van der Waals surface area (Å²) in [6.07, 6.45) is 2.06. The fourth-order valence-corrected chi connectivity index (χ4v) is 4.02. The van der Waals surface area contributed by atoms with E-state index >= 15 is 0 Å². The molecular weight excluding hydrogens is 398 g/mol. The van der Waals surface area contributed by atoms with Gasteiger partial charge in [-0.05, 0) is 62.1 Å². The average molecular weight is 418 g/mol. The van der Waals surface area contributed by atoms with Crippen LogP contribution in [0.4, 0.5) is 17.1 Å². The second kappa shape index (κ2) is 7.45. The molecule has 1 fully saturated rings. The van der Waals surface area contributed by atoms with Gasteiger partial charge in [0.05, 0.1) is 4.92 Å². The van der Waals surface area contributed by atoms with Crippen LogP contribution in [-0.4, -0.2) is 23.9 Å². The van der Waals surface area contributed by atoms with E-state index in [1.807, 2.05) is 30.9 Å². The molecule has 0 aliphatic carbocycles. The number of halogens is 1. The lowest BCUT2D eigenvalue weighted by Crippen LogP contribution is -2.20. The van der Waals surface area contributed by atoms with Crippen molar-refractivity contribution in [2.45, 2.75) is 26.7 Å². The maximum absolute atomic E-state index is 12.7. The molecule has 1 amide bonds. The second-order valence-electron chi connectivity index (χ2n) is 6.52. The van der Waals surface area contributed by atoms with Crippen LogP contribution in [-0.2, 0) is 0 Å². The highest BCUT2D eigenvalue weighted by Gasteiger charge is 2.24. The molecule has 1 heterocycles. The first kappa shape index (κ1) is 18.4. The van der Waals surface area contributed by atoms with Crippen LogP contribution in [0.25, 0.3) is 0 Å². The third-order valence-corrected chi connectivity index (χ3v) is 5.07. The molecule has 1 N–H and O–H groups in total. The highest BCUT2D eigenvalue weighted by Crippen LogP contribution is 2.32. The lowest BCUT2D eigenvalue weighted by Gasteiger charge is -2.18. The van der Waals surface area contributed by atoms with Crippen LogP contribution >= 0.6 is 15.9 Å². The summed E-state index contributed by atoms with van der Waals surface area (Å²) in [6, 6.07) is 8.54. The van der Waals surface area contributed by atoms with Crippen LogP contribution in [0.1, 0.15) is 34.3 Å². The molecule has 26 heavy (non-hydrogen) atoms. The molecule has 0 bridgehead atoms. The molecule has 0 saturated carbocycles. The van der Waals surface area contributed by atoms with Crippen molar-refractivity contribution in [3.63, 3.8) is 0 Å². The van der Waals surface area contributed by atoms with Gasteiger partial charge >= 0.3 is 0 Å². The molecule has 0 aromatic heterocycles. The summed E-state index contributed by atoms with van der Waals surface area (Å²) in [5, 5.41) is 14.4. The van der Waals surface area contributed by atoms with E-state index in [2.05, 4.69) is 21.2 Å². The van der Waals surface area contributed by atoms with E-state index < -0.39 is 4.92 Å². The van der Waals surface area contributed by atoms with Gasteiger partial charge < -0.3 is 10.2 Å². The minimum Gasteiger partial charge on any atom is -0.366 e. The summed E-state index contributed by atoms with van der Waals surface area (Å²) in [6.45, 7) is 5.44. The first-order valence-electron chi connectivity index (χ1n) is 8.48. The SMILES string of the molecule is Cc1cc(Br)cc(C)c1NC(=O)c1ccc(N2CCCC2)c([N+](=O)[O-])c1. The summed E-state index contributed by atoms with van der Waals surface area (Å²) in [4.78, 5) is 25.7. The maximum atomic E-state index is 12.7. The van der Waals surface area contributed by atoms with Crippen molar-refractivity contribution in [2.24, 2.45) is 0 Å². The van der Waals surface area contributed by atoms with Crippen LogP contribution in [0.3, 0.4) is 0 Å². The van der Waals surface area contributed by atoms with Gasteiger partial charge in [0.25, 0.3) is 11.6 Å². The van der Waals surface area contributed by atoms with Gasteiger partial charge in [0.2, 0.25) is 0 Å². The number of benzene rings is 2. The van der Waals surface area contributed by atoms with E-state index in [0.717, 1.165) is 47.2 Å². The topological polar surface area (TPSA) is 75.5 Å². The number of hydrogen-bond donors (Lipinski definition) is 1. The molecule has 0 unspecified atom stereocenters. The summed E-state index contributed by atoms with van der Waals surface area (Å²) in [7, 11) is 0. The average Bonchev–Trinajstić information content (AvgIpc) is 3.11. The van der Waals surface area contributed by atoms with E-state index in [-0.39, 0.29) is 17.2 Å². The Hall–Kier alpha value is -2.41. The number of carbonyl (C=O) groups excluding carboxylic acids is 1. The Morgan fingerprint density at radius 2 is 1.77 bits per heavy atom. The highest BCUT2D eigenvalue weighted by atomic mass is 79.9. The number of aryl methyl sites for hydroxylation is 2. The number of nitro groups is 1. The Labute approximate surface area is 160 Å². The van der Waals surface area contributed by atoms with Crippen LogP contribution < -0.4 is 10.2 Å². The number of nitro benzene ring substituents is 1. The standard InChI is InChI=1S/C19H20BrN3O3/c1-12-9-15(20)10-13(2)18(12)21-19(24)14-5-6-16(17(11-14)23(25)26)22-7-3-4-8-22/h5-6,9-11H,3-4,7-8H2,1-2H3,(H,21,24). The Bertz CT molecular complexity index is 853. The molecule has 6 nitrogen and oxygen atoms in total. The third-order valence-electron chi connectivity index (χ3n) is 4.62. The minimum absolute atomic E-state index is 0.0243. The fourth-order valence-electron chi connectivity index (χ4n) is 3.33. The van der Waals surface area contributed by atoms with Crippen molar-refractivity contribution >= 4 is 38.9 Å². The summed E-state index contributed by atoms with van der Waals surface area (Å²) < 4.78 is 0.941. The van der Waals surface area contributed by atoms with Gasteiger partial charge in [-0.3, -0.25) is 14.9 Å². The van der Waals surface area contributed by atoms with Gasteiger partial charge in [-0.1, -0.05) is 15.9 Å². The Kier molecular flexibility index (Phi) is 5.27. The number of hydrogen-bond acceptors (Lipinski definition) is 4. The number of nitrogens with zero attached hydrogens (tertiary/aromatic N) is 2. The second-order valence-corrected chi connectivity index (χ2v) is 7.44. The van der Waals surface area contributed by atoms with Crippen LogP contribution in [0, 0.1) is 24.0 Å². The summed E-state index contributed by atoms with van der Waals surface area (Å²) in [5.74, 6) is -0.352. The maximum Gasteiger partial charge on any atom is 0.293 e. The quantitative estimate of drug-likeness (QED) is 0.570. The molecule has 1 aliphatic heterocycles. The smallest absolute Gasteiger partial charge is 0.293 e. The molecule has 136 valence electrons. The number of anilines is 2. The molecule has 3 rings (SSSR count). The zero-order valence-corrected chi connectivity index (χ0v) is 16.3. The molecular formula is C19H20BrN3O3. The number of nitrogens with one attached hydrogen (secondary N) is 1. The number of carbonyl (C=O) groups is 1. The summed E-state index contributed by atoms with van der Waals surface area (Å²) in [5.41, 5.74) is 3.41. The van der Waals surface area contributed by atoms with E-state index in [0.29, 0.717) is 5.69 Å². The Morgan fingerprint density at radius 3 is 2.35 bits per heavy atom. The van der Waals surface area contributed by atoms with Crippen LogP contribution in [0.5, 0.6) is 0 Å². The van der Waals surface area contributed by atoms with E-state index in [4.69, 9.17) is 0 Å². The van der Waals surface area contributed by atoms with Gasteiger partial charge in [0.15, 0.2) is 0 Å². The van der Waals surface area contributed by atoms with E-state index in [1.165, 1.54) is 6.07 Å². The van der Waals surface area contributed by atoms with Gasteiger partial charge in [-0.25, -0.2) is 0 Å². The van der Waals surface area contributed by atoms with Crippen molar-refractivity contribution in [3.05, 3.63) is 61.6 Å². The predicted octanol–water partition coefficient (Wildman–Crippen LogP) is 4.83. The van der Waals surface area contributed by atoms with E-state index in [9.17, 15) is 14.9 Å². The molecule has 2 aromatic carbocycles. The molecule has 7 heteroatoms. The zero-order chi connectivity index (χ0) is 18.8. The molecule has 0 spiro atoms.